The highest BCUT2D eigenvalue weighted by molar-refractivity contribution is 6.36. The lowest BCUT2D eigenvalue weighted by atomic mass is 10.2. The lowest BCUT2D eigenvalue weighted by Gasteiger charge is -2.07. The minimum atomic E-state index is -0.546. The van der Waals surface area contributed by atoms with Crippen molar-refractivity contribution in [2.45, 2.75) is 0 Å². The Bertz CT molecular complexity index is 611. The van der Waals surface area contributed by atoms with Crippen LogP contribution in [0, 0.1) is 0 Å². The van der Waals surface area contributed by atoms with Crippen LogP contribution >= 0.6 is 23.2 Å². The minimum Gasteiger partial charge on any atom is -0.497 e. The van der Waals surface area contributed by atoms with Gasteiger partial charge in [0.25, 0.3) is 0 Å². The van der Waals surface area contributed by atoms with Gasteiger partial charge in [0.1, 0.15) is 11.5 Å². The Balaban J connectivity index is 2.20. The van der Waals surface area contributed by atoms with Gasteiger partial charge >= 0.3 is 5.97 Å². The Hall–Kier alpha value is -1.71. The number of benzene rings is 2. The van der Waals surface area contributed by atoms with E-state index in [2.05, 4.69) is 0 Å². The van der Waals surface area contributed by atoms with E-state index in [4.69, 9.17) is 32.7 Å². The molecule has 2 aromatic rings. The monoisotopic (exact) mass is 296 g/mol. The van der Waals surface area contributed by atoms with Gasteiger partial charge in [0.15, 0.2) is 0 Å². The highest BCUT2D eigenvalue weighted by atomic mass is 35.5. The third kappa shape index (κ3) is 3.40. The smallest absolute Gasteiger partial charge is 0.345 e. The Kier molecular flexibility index (Phi) is 4.30. The van der Waals surface area contributed by atoms with E-state index in [1.54, 1.807) is 30.3 Å². The van der Waals surface area contributed by atoms with Crippen molar-refractivity contribution >= 4 is 29.2 Å². The second-order valence-electron chi connectivity index (χ2n) is 3.69. The molecule has 0 aliphatic carbocycles. The van der Waals surface area contributed by atoms with Gasteiger partial charge in [-0.15, -0.1) is 0 Å². The Labute approximate surface area is 120 Å². The molecule has 0 heterocycles. The number of hydrogen-bond donors (Lipinski definition) is 0. The Morgan fingerprint density at radius 1 is 1.05 bits per heavy atom. The molecule has 0 unspecified atom stereocenters. The third-order valence-electron chi connectivity index (χ3n) is 2.40. The van der Waals surface area contributed by atoms with Crippen molar-refractivity contribution in [1.29, 1.82) is 0 Å². The van der Waals surface area contributed by atoms with E-state index in [9.17, 15) is 4.79 Å². The third-order valence-corrected chi connectivity index (χ3v) is 2.95. The summed E-state index contributed by atoms with van der Waals surface area (Å²) in [6.45, 7) is 0. The normalized spacial score (nSPS) is 10.1. The second-order valence-corrected chi connectivity index (χ2v) is 4.54. The second kappa shape index (κ2) is 5.95. The average Bonchev–Trinajstić information content (AvgIpc) is 2.38. The van der Waals surface area contributed by atoms with Crippen LogP contribution in [-0.4, -0.2) is 13.1 Å². The number of methoxy groups -OCH3 is 1. The number of hydrogen-bond acceptors (Lipinski definition) is 3. The SMILES string of the molecule is COc1cccc(OC(=O)c2ccc(Cl)cc2Cl)c1. The van der Waals surface area contributed by atoms with Crippen LogP contribution in [0.3, 0.4) is 0 Å². The average molecular weight is 297 g/mol. The molecule has 0 bridgehead atoms. The van der Waals surface area contributed by atoms with E-state index in [0.717, 1.165) is 0 Å². The predicted octanol–water partition coefficient (Wildman–Crippen LogP) is 4.22. The molecule has 0 fully saturated rings. The number of ether oxygens (including phenoxy) is 2. The standard InChI is InChI=1S/C14H10Cl2O3/c1-18-10-3-2-4-11(8-10)19-14(17)12-6-5-9(15)7-13(12)16/h2-8H,1H3. The van der Waals surface area contributed by atoms with Crippen LogP contribution in [0.4, 0.5) is 0 Å². The van der Waals surface area contributed by atoms with Crippen LogP contribution in [0.1, 0.15) is 10.4 Å². The van der Waals surface area contributed by atoms with Crippen LogP contribution < -0.4 is 9.47 Å². The maximum absolute atomic E-state index is 12.0. The summed E-state index contributed by atoms with van der Waals surface area (Å²) < 4.78 is 10.3. The molecule has 0 N–H and O–H groups in total. The van der Waals surface area contributed by atoms with Gasteiger partial charge in [-0.05, 0) is 30.3 Å². The molecule has 19 heavy (non-hydrogen) atoms. The van der Waals surface area contributed by atoms with E-state index in [0.29, 0.717) is 16.5 Å². The van der Waals surface area contributed by atoms with E-state index in [-0.39, 0.29) is 10.6 Å². The van der Waals surface area contributed by atoms with Gasteiger partial charge in [-0.1, -0.05) is 29.3 Å². The zero-order valence-corrected chi connectivity index (χ0v) is 11.5. The summed E-state index contributed by atoms with van der Waals surface area (Å²) in [6.07, 6.45) is 0. The van der Waals surface area contributed by atoms with Crippen molar-refractivity contribution in [2.75, 3.05) is 7.11 Å². The van der Waals surface area contributed by atoms with E-state index in [1.165, 1.54) is 19.2 Å². The van der Waals surface area contributed by atoms with Crippen LogP contribution in [0.25, 0.3) is 0 Å². The van der Waals surface area contributed by atoms with Crippen molar-refractivity contribution in [3.8, 4) is 11.5 Å². The fourth-order valence-corrected chi connectivity index (χ4v) is 1.97. The minimum absolute atomic E-state index is 0.250. The summed E-state index contributed by atoms with van der Waals surface area (Å²) in [5.41, 5.74) is 0.258. The quantitative estimate of drug-likeness (QED) is 0.628. The van der Waals surface area contributed by atoms with Gasteiger partial charge in [0.2, 0.25) is 0 Å². The number of carbonyl (C=O) groups excluding carboxylic acids is 1. The van der Waals surface area contributed by atoms with Crippen molar-refractivity contribution in [2.24, 2.45) is 0 Å². The summed E-state index contributed by atoms with van der Waals surface area (Å²) in [7, 11) is 1.54. The summed E-state index contributed by atoms with van der Waals surface area (Å²) >= 11 is 11.7. The summed E-state index contributed by atoms with van der Waals surface area (Å²) in [5.74, 6) is 0.442. The highest BCUT2D eigenvalue weighted by Gasteiger charge is 2.13. The summed E-state index contributed by atoms with van der Waals surface area (Å²) in [6, 6.07) is 11.3. The first-order valence-electron chi connectivity index (χ1n) is 5.41. The zero-order chi connectivity index (χ0) is 13.8. The molecule has 0 radical (unpaired) electrons. The maximum atomic E-state index is 12.0. The van der Waals surface area contributed by atoms with Crippen LogP contribution in [-0.2, 0) is 0 Å². The first-order valence-corrected chi connectivity index (χ1v) is 6.17. The molecule has 3 nitrogen and oxygen atoms in total. The molecule has 0 amide bonds. The molecule has 0 atom stereocenters. The highest BCUT2D eigenvalue weighted by Crippen LogP contribution is 2.24. The molecule has 2 aromatic carbocycles. The molecule has 0 spiro atoms. The molecule has 0 aliphatic rings. The van der Waals surface area contributed by atoms with E-state index in [1.807, 2.05) is 0 Å². The van der Waals surface area contributed by atoms with Crippen molar-refractivity contribution in [3.05, 3.63) is 58.1 Å². The molecule has 0 saturated carbocycles. The molecular formula is C14H10Cl2O3. The Morgan fingerprint density at radius 3 is 2.47 bits per heavy atom. The van der Waals surface area contributed by atoms with Gasteiger partial charge in [-0.25, -0.2) is 4.79 Å². The van der Waals surface area contributed by atoms with Crippen LogP contribution in [0.5, 0.6) is 11.5 Å². The first kappa shape index (κ1) is 13.7. The van der Waals surface area contributed by atoms with Crippen molar-refractivity contribution in [1.82, 2.24) is 0 Å². The number of rotatable bonds is 3. The number of esters is 1. The fourth-order valence-electron chi connectivity index (χ4n) is 1.48. The topological polar surface area (TPSA) is 35.5 Å². The largest absolute Gasteiger partial charge is 0.497 e. The maximum Gasteiger partial charge on any atom is 0.345 e. The number of carbonyl (C=O) groups is 1. The van der Waals surface area contributed by atoms with Gasteiger partial charge < -0.3 is 9.47 Å². The molecule has 0 aliphatic heterocycles. The molecule has 0 saturated heterocycles. The van der Waals surface area contributed by atoms with Gasteiger partial charge in [0, 0.05) is 11.1 Å². The molecular weight excluding hydrogens is 287 g/mol. The van der Waals surface area contributed by atoms with Gasteiger partial charge in [0.05, 0.1) is 17.7 Å². The van der Waals surface area contributed by atoms with E-state index < -0.39 is 5.97 Å². The number of halogens is 2. The van der Waals surface area contributed by atoms with E-state index >= 15 is 0 Å². The summed E-state index contributed by atoms with van der Waals surface area (Å²) in [4.78, 5) is 12.0. The molecule has 98 valence electrons. The lowest BCUT2D eigenvalue weighted by molar-refractivity contribution is 0.0734. The first-order chi connectivity index (χ1) is 9.10. The molecule has 0 aromatic heterocycles. The van der Waals surface area contributed by atoms with Crippen molar-refractivity contribution < 1.29 is 14.3 Å². The fraction of sp³-hybridized carbons (Fsp3) is 0.0714. The van der Waals surface area contributed by atoms with Gasteiger partial charge in [-0.2, -0.15) is 0 Å². The lowest BCUT2D eigenvalue weighted by Crippen LogP contribution is -2.09. The predicted molar refractivity (Wildman–Crippen MR) is 74.4 cm³/mol. The zero-order valence-electron chi connectivity index (χ0n) is 10.0. The molecule has 5 heteroatoms. The van der Waals surface area contributed by atoms with Crippen molar-refractivity contribution in [3.63, 3.8) is 0 Å². The van der Waals surface area contributed by atoms with Gasteiger partial charge in [-0.3, -0.25) is 0 Å². The molecule has 2 rings (SSSR count). The Morgan fingerprint density at radius 2 is 1.79 bits per heavy atom. The summed E-state index contributed by atoms with van der Waals surface area (Å²) in [5, 5.41) is 0.711. The van der Waals surface area contributed by atoms with Crippen LogP contribution in [0.2, 0.25) is 10.0 Å². The van der Waals surface area contributed by atoms with Crippen LogP contribution in [0.15, 0.2) is 42.5 Å².